The molecule has 0 saturated carbocycles. The van der Waals surface area contributed by atoms with E-state index in [0.717, 1.165) is 5.56 Å². The minimum Gasteiger partial charge on any atom is -0.484 e. The molecule has 0 fully saturated rings. The third-order valence-electron chi connectivity index (χ3n) is 4.74. The molecule has 1 atom stereocenters. The fourth-order valence-electron chi connectivity index (χ4n) is 2.84. The van der Waals surface area contributed by atoms with Gasteiger partial charge in [0.25, 0.3) is 5.91 Å². The summed E-state index contributed by atoms with van der Waals surface area (Å²) in [5, 5.41) is 3.00. The van der Waals surface area contributed by atoms with E-state index >= 15 is 0 Å². The maximum absolute atomic E-state index is 12.2. The molecule has 0 aliphatic rings. The van der Waals surface area contributed by atoms with Gasteiger partial charge in [-0.25, -0.2) is 0 Å². The number of ether oxygens (including phenoxy) is 1. The van der Waals surface area contributed by atoms with Crippen LogP contribution in [0.4, 0.5) is 0 Å². The van der Waals surface area contributed by atoms with E-state index in [2.05, 4.69) is 71.1 Å². The molecule has 27 heavy (non-hydrogen) atoms. The second kappa shape index (κ2) is 8.16. The van der Waals surface area contributed by atoms with Gasteiger partial charge in [-0.1, -0.05) is 77.9 Å². The highest BCUT2D eigenvalue weighted by atomic mass is 16.5. The summed E-state index contributed by atoms with van der Waals surface area (Å²) in [7, 11) is 0. The van der Waals surface area contributed by atoms with E-state index in [-0.39, 0.29) is 29.4 Å². The van der Waals surface area contributed by atoms with Crippen molar-refractivity contribution in [2.24, 2.45) is 0 Å². The van der Waals surface area contributed by atoms with Gasteiger partial charge in [0.2, 0.25) is 0 Å². The molecule has 1 amide bonds. The molecular weight excluding hydrogens is 334 g/mol. The summed E-state index contributed by atoms with van der Waals surface area (Å²) < 4.78 is 5.62. The predicted molar refractivity (Wildman–Crippen MR) is 112 cm³/mol. The zero-order valence-electron chi connectivity index (χ0n) is 17.7. The summed E-state index contributed by atoms with van der Waals surface area (Å²) >= 11 is 0. The van der Waals surface area contributed by atoms with Crippen LogP contribution in [0.15, 0.2) is 48.5 Å². The summed E-state index contributed by atoms with van der Waals surface area (Å²) in [6.07, 6.45) is 0. The molecule has 2 aromatic rings. The van der Waals surface area contributed by atoms with Crippen LogP contribution in [0.5, 0.6) is 5.75 Å². The first kappa shape index (κ1) is 21.0. The minimum atomic E-state index is -0.123. The van der Waals surface area contributed by atoms with Gasteiger partial charge in [0, 0.05) is 0 Å². The lowest BCUT2D eigenvalue weighted by atomic mass is 9.86. The number of hydrogen-bond acceptors (Lipinski definition) is 2. The zero-order valence-corrected chi connectivity index (χ0v) is 17.7. The molecular formula is C24H33NO2. The number of nitrogens with one attached hydrogen (secondary N) is 1. The third kappa shape index (κ3) is 6.13. The van der Waals surface area contributed by atoms with E-state index in [0.29, 0.717) is 5.75 Å². The van der Waals surface area contributed by atoms with Crippen molar-refractivity contribution in [3.05, 3.63) is 65.2 Å². The van der Waals surface area contributed by atoms with Crippen molar-refractivity contribution < 1.29 is 9.53 Å². The smallest absolute Gasteiger partial charge is 0.258 e. The van der Waals surface area contributed by atoms with Crippen molar-refractivity contribution in [2.45, 2.75) is 65.3 Å². The molecule has 3 heteroatoms. The second-order valence-electron chi connectivity index (χ2n) is 9.22. The van der Waals surface area contributed by atoms with Crippen LogP contribution < -0.4 is 10.1 Å². The Kier molecular flexibility index (Phi) is 6.35. The molecule has 1 N–H and O–H groups in total. The molecule has 0 aliphatic heterocycles. The van der Waals surface area contributed by atoms with Crippen LogP contribution in [-0.4, -0.2) is 12.5 Å². The van der Waals surface area contributed by atoms with Crippen molar-refractivity contribution in [1.29, 1.82) is 0 Å². The Labute approximate surface area is 164 Å². The summed E-state index contributed by atoms with van der Waals surface area (Å²) in [6, 6.07) is 16.3. The molecule has 0 spiro atoms. The van der Waals surface area contributed by atoms with E-state index in [9.17, 15) is 4.79 Å². The Bertz CT molecular complexity index is 747. The van der Waals surface area contributed by atoms with Gasteiger partial charge in [0.05, 0.1) is 6.04 Å². The average Bonchev–Trinajstić information content (AvgIpc) is 2.59. The van der Waals surface area contributed by atoms with Crippen molar-refractivity contribution >= 4 is 5.91 Å². The van der Waals surface area contributed by atoms with Crippen LogP contribution in [0.3, 0.4) is 0 Å². The van der Waals surface area contributed by atoms with Gasteiger partial charge in [-0.15, -0.1) is 0 Å². The van der Waals surface area contributed by atoms with Crippen LogP contribution in [0.25, 0.3) is 0 Å². The van der Waals surface area contributed by atoms with E-state index in [4.69, 9.17) is 4.74 Å². The molecule has 0 saturated heterocycles. The van der Waals surface area contributed by atoms with Crippen molar-refractivity contribution in [1.82, 2.24) is 5.32 Å². The highest BCUT2D eigenvalue weighted by Gasteiger charge is 2.16. The van der Waals surface area contributed by atoms with Crippen LogP contribution in [0, 0.1) is 0 Å². The van der Waals surface area contributed by atoms with Gasteiger partial charge in [-0.3, -0.25) is 4.79 Å². The van der Waals surface area contributed by atoms with Crippen LogP contribution in [-0.2, 0) is 15.6 Å². The topological polar surface area (TPSA) is 38.3 Å². The largest absolute Gasteiger partial charge is 0.484 e. The molecule has 0 radical (unpaired) electrons. The zero-order chi connectivity index (χ0) is 20.2. The Hall–Kier alpha value is -2.29. The maximum atomic E-state index is 12.2. The lowest BCUT2D eigenvalue weighted by Gasteiger charge is -2.21. The number of carbonyl (C=O) groups excluding carboxylic acids is 1. The summed E-state index contributed by atoms with van der Waals surface area (Å²) in [4.78, 5) is 12.2. The maximum Gasteiger partial charge on any atom is 0.258 e. The molecule has 0 heterocycles. The normalized spacial score (nSPS) is 13.1. The minimum absolute atomic E-state index is 0.0132. The SMILES string of the molecule is C[C@H](NC(=O)COc1ccc(C(C)(C)C)cc1)c1ccc(C(C)(C)C)cc1. The highest BCUT2D eigenvalue weighted by molar-refractivity contribution is 5.78. The van der Waals surface area contributed by atoms with Crippen molar-refractivity contribution in [3.63, 3.8) is 0 Å². The van der Waals surface area contributed by atoms with E-state index in [1.54, 1.807) is 0 Å². The fourth-order valence-corrected chi connectivity index (χ4v) is 2.84. The van der Waals surface area contributed by atoms with Crippen LogP contribution >= 0.6 is 0 Å². The predicted octanol–water partition coefficient (Wildman–Crippen LogP) is 5.54. The van der Waals surface area contributed by atoms with Gasteiger partial charge < -0.3 is 10.1 Å². The van der Waals surface area contributed by atoms with E-state index in [1.807, 2.05) is 31.2 Å². The monoisotopic (exact) mass is 367 g/mol. The summed E-state index contributed by atoms with van der Waals surface area (Å²) in [6.45, 7) is 15.1. The van der Waals surface area contributed by atoms with E-state index < -0.39 is 0 Å². The van der Waals surface area contributed by atoms with Gasteiger partial charge >= 0.3 is 0 Å². The molecule has 0 aliphatic carbocycles. The van der Waals surface area contributed by atoms with Gasteiger partial charge in [-0.05, 0) is 46.6 Å². The first-order chi connectivity index (χ1) is 12.5. The molecule has 3 nitrogen and oxygen atoms in total. The number of rotatable bonds is 5. The van der Waals surface area contributed by atoms with Crippen molar-refractivity contribution in [2.75, 3.05) is 6.61 Å². The average molecular weight is 368 g/mol. The number of carbonyl (C=O) groups is 1. The quantitative estimate of drug-likeness (QED) is 0.754. The lowest BCUT2D eigenvalue weighted by Crippen LogP contribution is -2.31. The lowest BCUT2D eigenvalue weighted by molar-refractivity contribution is -0.123. The summed E-state index contributed by atoms with van der Waals surface area (Å²) in [5.41, 5.74) is 3.85. The molecule has 2 rings (SSSR count). The number of benzene rings is 2. The van der Waals surface area contributed by atoms with Crippen LogP contribution in [0.1, 0.15) is 71.2 Å². The van der Waals surface area contributed by atoms with Gasteiger partial charge in [0.15, 0.2) is 6.61 Å². The van der Waals surface area contributed by atoms with Crippen molar-refractivity contribution in [3.8, 4) is 5.75 Å². The molecule has 0 unspecified atom stereocenters. The molecule has 0 bridgehead atoms. The summed E-state index contributed by atoms with van der Waals surface area (Å²) in [5.74, 6) is 0.586. The van der Waals surface area contributed by atoms with Crippen LogP contribution in [0.2, 0.25) is 0 Å². The van der Waals surface area contributed by atoms with Gasteiger partial charge in [0.1, 0.15) is 5.75 Å². The first-order valence-electron chi connectivity index (χ1n) is 9.60. The Morgan fingerprint density at radius 1 is 0.852 bits per heavy atom. The Morgan fingerprint density at radius 2 is 1.30 bits per heavy atom. The van der Waals surface area contributed by atoms with Gasteiger partial charge in [-0.2, -0.15) is 0 Å². The molecule has 146 valence electrons. The highest BCUT2D eigenvalue weighted by Crippen LogP contribution is 2.25. The molecule has 2 aromatic carbocycles. The molecule has 0 aromatic heterocycles. The fraction of sp³-hybridized carbons (Fsp3) is 0.458. The Morgan fingerprint density at radius 3 is 1.74 bits per heavy atom. The first-order valence-corrected chi connectivity index (χ1v) is 9.60. The standard InChI is InChI=1S/C24H33NO2/c1-17(18-8-10-19(11-9-18)23(2,3)4)25-22(26)16-27-21-14-12-20(13-15-21)24(5,6)7/h8-15,17H,16H2,1-7H3,(H,25,26)/t17-/m0/s1. The number of amides is 1. The van der Waals surface area contributed by atoms with E-state index in [1.165, 1.54) is 11.1 Å². The Balaban J connectivity index is 1.88. The third-order valence-corrected chi connectivity index (χ3v) is 4.74. The number of hydrogen-bond donors (Lipinski definition) is 1. The second-order valence-corrected chi connectivity index (χ2v) is 9.22.